The zero-order valence-corrected chi connectivity index (χ0v) is 26.5. The number of nitrogens with one attached hydrogen (secondary N) is 1. The highest BCUT2D eigenvalue weighted by molar-refractivity contribution is 5.86. The first-order valence-corrected chi connectivity index (χ1v) is 16.4. The van der Waals surface area contributed by atoms with Crippen molar-refractivity contribution in [3.05, 3.63) is 102 Å². The van der Waals surface area contributed by atoms with Gasteiger partial charge in [-0.05, 0) is 101 Å². The Morgan fingerprint density at radius 2 is 1.28 bits per heavy atom. The molecule has 242 valence electrons. The van der Waals surface area contributed by atoms with E-state index in [1.807, 2.05) is 18.2 Å². The third kappa shape index (κ3) is 7.85. The van der Waals surface area contributed by atoms with Gasteiger partial charge in [0.1, 0.15) is 5.75 Å². The van der Waals surface area contributed by atoms with Crippen molar-refractivity contribution in [3.8, 4) is 39.1 Å². The molecule has 1 aliphatic carbocycles. The Morgan fingerprint density at radius 3 is 1.87 bits per heavy atom. The average molecular weight is 623 g/mol. The molecule has 0 aliphatic heterocycles. The van der Waals surface area contributed by atoms with Crippen LogP contribution in [-0.4, -0.2) is 62.2 Å². The fraction of sp³-hybridized carbons (Fsp3) is 0.359. The highest BCUT2D eigenvalue weighted by Crippen LogP contribution is 2.55. The molecule has 4 aromatic rings. The SMILES string of the molecule is NCCOCCC(=O)NCCCOc1ccc(-c2ccc3c(c2)C(CCCO)(CCCO)c2cc(-c4ccccc4)ccc2-3)cc1. The van der Waals surface area contributed by atoms with Crippen molar-refractivity contribution in [1.82, 2.24) is 5.32 Å². The van der Waals surface area contributed by atoms with Crippen LogP contribution in [0.2, 0.25) is 0 Å². The van der Waals surface area contributed by atoms with Crippen molar-refractivity contribution >= 4 is 5.91 Å². The van der Waals surface area contributed by atoms with Crippen LogP contribution in [0.1, 0.15) is 49.7 Å². The van der Waals surface area contributed by atoms with Gasteiger partial charge in [0.05, 0.1) is 19.8 Å². The molecule has 7 nitrogen and oxygen atoms in total. The van der Waals surface area contributed by atoms with Gasteiger partial charge < -0.3 is 30.7 Å². The van der Waals surface area contributed by atoms with Crippen LogP contribution in [0, 0.1) is 0 Å². The summed E-state index contributed by atoms with van der Waals surface area (Å²) in [6.07, 6.45) is 4.02. The summed E-state index contributed by atoms with van der Waals surface area (Å²) in [5.74, 6) is 0.750. The predicted octanol–water partition coefficient (Wildman–Crippen LogP) is 6.08. The number of nitrogens with two attached hydrogens (primary N) is 1. The molecule has 0 saturated carbocycles. The van der Waals surface area contributed by atoms with E-state index in [0.29, 0.717) is 58.6 Å². The number of amides is 1. The lowest BCUT2D eigenvalue weighted by atomic mass is 9.70. The van der Waals surface area contributed by atoms with Crippen molar-refractivity contribution in [1.29, 1.82) is 0 Å². The highest BCUT2D eigenvalue weighted by Gasteiger charge is 2.42. The molecule has 0 aromatic heterocycles. The van der Waals surface area contributed by atoms with Crippen LogP contribution < -0.4 is 15.8 Å². The van der Waals surface area contributed by atoms with Crippen molar-refractivity contribution in [2.75, 3.05) is 46.1 Å². The van der Waals surface area contributed by atoms with Gasteiger partial charge in [0.25, 0.3) is 0 Å². The molecule has 1 amide bonds. The quantitative estimate of drug-likeness (QED) is 0.100. The van der Waals surface area contributed by atoms with Crippen LogP contribution >= 0.6 is 0 Å². The van der Waals surface area contributed by atoms with Crippen molar-refractivity contribution < 1.29 is 24.5 Å². The minimum Gasteiger partial charge on any atom is -0.494 e. The molecule has 0 fully saturated rings. The summed E-state index contributed by atoms with van der Waals surface area (Å²) in [6.45, 7) is 2.60. The van der Waals surface area contributed by atoms with Crippen LogP contribution in [0.15, 0.2) is 91.0 Å². The lowest BCUT2D eigenvalue weighted by Gasteiger charge is -2.33. The zero-order chi connectivity index (χ0) is 32.2. The van der Waals surface area contributed by atoms with E-state index in [4.69, 9.17) is 15.2 Å². The van der Waals surface area contributed by atoms with E-state index in [9.17, 15) is 15.0 Å². The van der Waals surface area contributed by atoms with E-state index in [1.165, 1.54) is 33.4 Å². The number of ether oxygens (including phenoxy) is 2. The summed E-state index contributed by atoms with van der Waals surface area (Å²) in [7, 11) is 0. The standard InChI is InChI=1S/C39H46N2O5/c40-20-26-45-25-17-38(44)41-21-6-24-46-33-13-9-30(10-14-33)32-12-16-35-34-15-11-31(29-7-2-1-3-8-29)27-36(34)39(18-4-22-42,19-5-23-43)37(35)28-32/h1-3,7-16,27-28,42-43H,4-6,17-26,40H2,(H,41,44). The first-order valence-electron chi connectivity index (χ1n) is 16.4. The van der Waals surface area contributed by atoms with E-state index in [-0.39, 0.29) is 24.5 Å². The second kappa shape index (κ2) is 16.5. The number of hydrogen-bond acceptors (Lipinski definition) is 6. The maximum atomic E-state index is 11.9. The maximum Gasteiger partial charge on any atom is 0.222 e. The number of aliphatic hydroxyl groups is 2. The van der Waals surface area contributed by atoms with Gasteiger partial charge in [-0.3, -0.25) is 4.79 Å². The third-order valence-electron chi connectivity index (χ3n) is 8.83. The summed E-state index contributed by atoms with van der Waals surface area (Å²) in [5.41, 5.74) is 14.7. The van der Waals surface area contributed by atoms with Crippen molar-refractivity contribution in [2.24, 2.45) is 5.73 Å². The summed E-state index contributed by atoms with van der Waals surface area (Å²) in [5, 5.41) is 22.7. The van der Waals surface area contributed by atoms with Crippen molar-refractivity contribution in [3.63, 3.8) is 0 Å². The molecular weight excluding hydrogens is 576 g/mol. The van der Waals surface area contributed by atoms with Crippen LogP contribution in [0.4, 0.5) is 0 Å². The van der Waals surface area contributed by atoms with Gasteiger partial charge in [-0.1, -0.05) is 66.7 Å². The molecule has 1 aliphatic rings. The van der Waals surface area contributed by atoms with Gasteiger partial charge in [-0.15, -0.1) is 0 Å². The molecule has 0 atom stereocenters. The first-order chi connectivity index (χ1) is 22.6. The Bertz CT molecular complexity index is 1550. The molecule has 0 spiro atoms. The summed E-state index contributed by atoms with van der Waals surface area (Å²) in [6, 6.07) is 32.1. The maximum absolute atomic E-state index is 11.9. The average Bonchev–Trinajstić information content (AvgIpc) is 3.37. The molecule has 5 rings (SSSR count). The molecule has 0 unspecified atom stereocenters. The third-order valence-corrected chi connectivity index (χ3v) is 8.83. The summed E-state index contributed by atoms with van der Waals surface area (Å²) < 4.78 is 11.2. The normalized spacial score (nSPS) is 12.8. The monoisotopic (exact) mass is 622 g/mol. The van der Waals surface area contributed by atoms with Crippen LogP contribution in [0.25, 0.3) is 33.4 Å². The zero-order valence-electron chi connectivity index (χ0n) is 26.5. The molecule has 7 heteroatoms. The Morgan fingerprint density at radius 1 is 0.696 bits per heavy atom. The van der Waals surface area contributed by atoms with Crippen LogP contribution in [0.5, 0.6) is 5.75 Å². The molecular formula is C39H46N2O5. The molecule has 5 N–H and O–H groups in total. The number of benzene rings is 4. The predicted molar refractivity (Wildman–Crippen MR) is 184 cm³/mol. The topological polar surface area (TPSA) is 114 Å². The Kier molecular flexibility index (Phi) is 12.0. The molecule has 4 aromatic carbocycles. The minimum atomic E-state index is -0.299. The lowest BCUT2D eigenvalue weighted by Crippen LogP contribution is -2.26. The highest BCUT2D eigenvalue weighted by atomic mass is 16.5. The number of aliphatic hydroxyl groups excluding tert-OH is 2. The minimum absolute atomic E-state index is 0.0350. The van der Waals surface area contributed by atoms with Gasteiger partial charge in [-0.25, -0.2) is 0 Å². The van der Waals surface area contributed by atoms with Crippen LogP contribution in [-0.2, 0) is 14.9 Å². The van der Waals surface area contributed by atoms with Gasteiger partial charge in [-0.2, -0.15) is 0 Å². The van der Waals surface area contributed by atoms with Gasteiger partial charge in [0.15, 0.2) is 0 Å². The smallest absolute Gasteiger partial charge is 0.222 e. The second-order valence-corrected chi connectivity index (χ2v) is 11.9. The van der Waals surface area contributed by atoms with Crippen molar-refractivity contribution in [2.45, 2.75) is 43.9 Å². The van der Waals surface area contributed by atoms with E-state index >= 15 is 0 Å². The Labute approximate surface area is 272 Å². The largest absolute Gasteiger partial charge is 0.494 e. The van der Waals surface area contributed by atoms with E-state index in [0.717, 1.165) is 29.7 Å². The molecule has 0 radical (unpaired) electrons. The van der Waals surface area contributed by atoms with E-state index in [1.54, 1.807) is 0 Å². The number of carbonyl (C=O) groups is 1. The Hall–Kier alpha value is -4.01. The van der Waals surface area contributed by atoms with Gasteiger partial charge in [0, 0.05) is 38.1 Å². The first kappa shape index (κ1) is 33.4. The number of carbonyl (C=O) groups excluding carboxylic acids is 1. The molecule has 0 bridgehead atoms. The van der Waals surface area contributed by atoms with E-state index in [2.05, 4.69) is 78.1 Å². The number of rotatable bonds is 18. The number of fused-ring (bicyclic) bond motifs is 3. The number of hydrogen-bond donors (Lipinski definition) is 4. The molecule has 0 heterocycles. The lowest BCUT2D eigenvalue weighted by molar-refractivity contribution is -0.122. The van der Waals surface area contributed by atoms with Gasteiger partial charge in [0.2, 0.25) is 5.91 Å². The summed E-state index contributed by atoms with van der Waals surface area (Å²) >= 11 is 0. The van der Waals surface area contributed by atoms with Crippen LogP contribution in [0.3, 0.4) is 0 Å². The molecule has 46 heavy (non-hydrogen) atoms. The van der Waals surface area contributed by atoms with Gasteiger partial charge >= 0.3 is 0 Å². The Balaban J connectivity index is 1.31. The fourth-order valence-electron chi connectivity index (χ4n) is 6.58. The van der Waals surface area contributed by atoms with E-state index < -0.39 is 0 Å². The molecule has 0 saturated heterocycles. The second-order valence-electron chi connectivity index (χ2n) is 11.9. The fourth-order valence-corrected chi connectivity index (χ4v) is 6.58. The summed E-state index contributed by atoms with van der Waals surface area (Å²) in [4.78, 5) is 11.9.